The van der Waals surface area contributed by atoms with Crippen molar-refractivity contribution < 1.29 is 14.3 Å². The fourth-order valence-corrected chi connectivity index (χ4v) is 2.65. The molecule has 2 aromatic rings. The van der Waals surface area contributed by atoms with Crippen LogP contribution in [0.5, 0.6) is 5.75 Å². The highest BCUT2D eigenvalue weighted by atomic mass is 79.9. The molecule has 2 rings (SSSR count). The van der Waals surface area contributed by atoms with Gasteiger partial charge in [-0.25, -0.2) is 0 Å². The van der Waals surface area contributed by atoms with Gasteiger partial charge in [-0.1, -0.05) is 24.3 Å². The van der Waals surface area contributed by atoms with Crippen LogP contribution in [0.15, 0.2) is 46.9 Å². The van der Waals surface area contributed by atoms with Gasteiger partial charge in [-0.3, -0.25) is 20.4 Å². The zero-order chi connectivity index (χ0) is 17.7. The predicted octanol–water partition coefficient (Wildman–Crippen LogP) is 3.29. The van der Waals surface area contributed by atoms with Gasteiger partial charge in [0.05, 0.1) is 4.47 Å². The summed E-state index contributed by atoms with van der Waals surface area (Å²) in [4.78, 5) is 24.1. The van der Waals surface area contributed by atoms with E-state index >= 15 is 0 Å². The van der Waals surface area contributed by atoms with Crippen molar-refractivity contribution in [1.29, 1.82) is 0 Å². The van der Waals surface area contributed by atoms with E-state index in [0.29, 0.717) is 11.3 Å². The van der Waals surface area contributed by atoms with Crippen molar-refractivity contribution in [3.63, 3.8) is 0 Å². The van der Waals surface area contributed by atoms with Gasteiger partial charge in [0.25, 0.3) is 11.8 Å². The quantitative estimate of drug-likeness (QED) is 0.786. The Bertz CT molecular complexity index is 762. The standard InChI is InChI=1S/C18H19BrN2O3/c1-11-8-9-16(15(19)10-11)24-13(3)17(22)20-21-18(23)14-7-5-4-6-12(14)2/h4-10,13H,1-3H3,(H,20,22)(H,21,23)/t13-/m1/s1. The van der Waals surface area contributed by atoms with Gasteiger partial charge >= 0.3 is 0 Å². The maximum Gasteiger partial charge on any atom is 0.279 e. The van der Waals surface area contributed by atoms with E-state index in [0.717, 1.165) is 15.6 Å². The Morgan fingerprint density at radius 2 is 1.79 bits per heavy atom. The molecule has 2 aromatic carbocycles. The fourth-order valence-electron chi connectivity index (χ4n) is 2.06. The Hall–Kier alpha value is -2.34. The van der Waals surface area contributed by atoms with E-state index < -0.39 is 12.0 Å². The van der Waals surface area contributed by atoms with Crippen molar-refractivity contribution in [2.45, 2.75) is 26.9 Å². The van der Waals surface area contributed by atoms with Crippen molar-refractivity contribution in [3.05, 3.63) is 63.6 Å². The first-order chi connectivity index (χ1) is 11.4. The molecule has 0 saturated carbocycles. The second-order valence-electron chi connectivity index (χ2n) is 5.45. The average molecular weight is 391 g/mol. The summed E-state index contributed by atoms with van der Waals surface area (Å²) >= 11 is 3.40. The number of hydrogen-bond acceptors (Lipinski definition) is 3. The first-order valence-corrected chi connectivity index (χ1v) is 8.26. The smallest absolute Gasteiger partial charge is 0.279 e. The van der Waals surface area contributed by atoms with Crippen molar-refractivity contribution in [3.8, 4) is 5.75 Å². The molecule has 2 amide bonds. The lowest BCUT2D eigenvalue weighted by Crippen LogP contribution is -2.47. The molecule has 0 spiro atoms. The molecule has 1 atom stereocenters. The average Bonchev–Trinajstić information content (AvgIpc) is 2.55. The molecule has 0 bridgehead atoms. The molecule has 0 fully saturated rings. The fraction of sp³-hybridized carbons (Fsp3) is 0.222. The van der Waals surface area contributed by atoms with E-state index in [9.17, 15) is 9.59 Å². The SMILES string of the molecule is Cc1ccc(O[C@H](C)C(=O)NNC(=O)c2ccccc2C)c(Br)c1. The lowest BCUT2D eigenvalue weighted by Gasteiger charge is -2.16. The number of ether oxygens (including phenoxy) is 1. The maximum atomic E-state index is 12.1. The molecule has 0 aliphatic heterocycles. The number of benzene rings is 2. The predicted molar refractivity (Wildman–Crippen MR) is 95.8 cm³/mol. The van der Waals surface area contributed by atoms with Crippen LogP contribution >= 0.6 is 15.9 Å². The Kier molecular flexibility index (Phi) is 5.98. The molecule has 0 radical (unpaired) electrons. The highest BCUT2D eigenvalue weighted by Gasteiger charge is 2.17. The van der Waals surface area contributed by atoms with Crippen molar-refractivity contribution in [2.75, 3.05) is 0 Å². The third-order valence-electron chi connectivity index (χ3n) is 3.45. The maximum absolute atomic E-state index is 12.1. The van der Waals surface area contributed by atoms with Gasteiger partial charge in [-0.2, -0.15) is 0 Å². The lowest BCUT2D eigenvalue weighted by atomic mass is 10.1. The minimum Gasteiger partial charge on any atom is -0.480 e. The van der Waals surface area contributed by atoms with E-state index in [-0.39, 0.29) is 5.91 Å². The molecule has 0 saturated heterocycles. The van der Waals surface area contributed by atoms with Crippen LogP contribution in [0.3, 0.4) is 0 Å². The van der Waals surface area contributed by atoms with E-state index in [2.05, 4.69) is 26.8 Å². The van der Waals surface area contributed by atoms with Crippen molar-refractivity contribution in [1.82, 2.24) is 10.9 Å². The number of hydrogen-bond donors (Lipinski definition) is 2. The van der Waals surface area contributed by atoms with E-state index in [1.807, 2.05) is 38.1 Å². The molecule has 126 valence electrons. The first kappa shape index (κ1) is 18.0. The molecule has 5 nitrogen and oxygen atoms in total. The summed E-state index contributed by atoms with van der Waals surface area (Å²) in [5.74, 6) is -0.247. The van der Waals surface area contributed by atoms with Crippen molar-refractivity contribution >= 4 is 27.7 Å². The van der Waals surface area contributed by atoms with E-state index in [1.54, 1.807) is 25.1 Å². The number of aryl methyl sites for hydroxylation is 2. The summed E-state index contributed by atoms with van der Waals surface area (Å²) in [6, 6.07) is 12.7. The minimum atomic E-state index is -0.763. The Balaban J connectivity index is 1.92. The topological polar surface area (TPSA) is 67.4 Å². The normalized spacial score (nSPS) is 11.5. The number of carbonyl (C=O) groups excluding carboxylic acids is 2. The van der Waals surface area contributed by atoms with Crippen LogP contribution in [0.4, 0.5) is 0 Å². The van der Waals surface area contributed by atoms with Gasteiger partial charge in [0.15, 0.2) is 6.10 Å². The van der Waals surface area contributed by atoms with E-state index in [4.69, 9.17) is 4.74 Å². The van der Waals surface area contributed by atoms with Gasteiger partial charge in [0.2, 0.25) is 0 Å². The van der Waals surface area contributed by atoms with Crippen LogP contribution in [-0.2, 0) is 4.79 Å². The minimum absolute atomic E-state index is 0.370. The number of rotatable bonds is 4. The van der Waals surface area contributed by atoms with Gasteiger partial charge in [-0.15, -0.1) is 0 Å². The summed E-state index contributed by atoms with van der Waals surface area (Å²) in [6.07, 6.45) is -0.763. The first-order valence-electron chi connectivity index (χ1n) is 7.47. The van der Waals surface area contributed by atoms with Gasteiger partial charge in [0, 0.05) is 5.56 Å². The van der Waals surface area contributed by atoms with Crippen molar-refractivity contribution in [2.24, 2.45) is 0 Å². The summed E-state index contributed by atoms with van der Waals surface area (Å²) < 4.78 is 6.38. The third kappa shape index (κ3) is 4.58. The Morgan fingerprint density at radius 1 is 1.08 bits per heavy atom. The molecular weight excluding hydrogens is 372 g/mol. The molecule has 2 N–H and O–H groups in total. The van der Waals surface area contributed by atoms with Crippen LogP contribution in [0, 0.1) is 13.8 Å². The second kappa shape index (κ2) is 7.97. The largest absolute Gasteiger partial charge is 0.480 e. The molecule has 0 aliphatic rings. The van der Waals surface area contributed by atoms with Crippen LogP contribution in [0.2, 0.25) is 0 Å². The summed E-state index contributed by atoms with van der Waals surface area (Å²) in [6.45, 7) is 5.41. The van der Waals surface area contributed by atoms with Crippen LogP contribution < -0.4 is 15.6 Å². The zero-order valence-corrected chi connectivity index (χ0v) is 15.3. The highest BCUT2D eigenvalue weighted by Crippen LogP contribution is 2.26. The molecule has 0 unspecified atom stereocenters. The van der Waals surface area contributed by atoms with Crippen LogP contribution in [-0.4, -0.2) is 17.9 Å². The monoisotopic (exact) mass is 390 g/mol. The summed E-state index contributed by atoms with van der Waals surface area (Å²) in [7, 11) is 0. The van der Waals surface area contributed by atoms with Crippen LogP contribution in [0.25, 0.3) is 0 Å². The Morgan fingerprint density at radius 3 is 2.46 bits per heavy atom. The molecule has 6 heteroatoms. The zero-order valence-electron chi connectivity index (χ0n) is 13.7. The summed E-state index contributed by atoms with van der Waals surface area (Å²) in [5.41, 5.74) is 7.20. The van der Waals surface area contributed by atoms with Gasteiger partial charge < -0.3 is 4.74 Å². The number of nitrogens with one attached hydrogen (secondary N) is 2. The highest BCUT2D eigenvalue weighted by molar-refractivity contribution is 9.10. The Labute approximate surface area is 149 Å². The molecule has 0 aromatic heterocycles. The van der Waals surface area contributed by atoms with Gasteiger partial charge in [-0.05, 0) is 66.0 Å². The van der Waals surface area contributed by atoms with Crippen LogP contribution in [0.1, 0.15) is 28.4 Å². The second-order valence-corrected chi connectivity index (χ2v) is 6.31. The molecular formula is C18H19BrN2O3. The number of carbonyl (C=O) groups is 2. The summed E-state index contributed by atoms with van der Waals surface area (Å²) in [5, 5.41) is 0. The molecule has 0 heterocycles. The van der Waals surface area contributed by atoms with E-state index in [1.165, 1.54) is 0 Å². The molecule has 0 aliphatic carbocycles. The lowest BCUT2D eigenvalue weighted by molar-refractivity contribution is -0.128. The third-order valence-corrected chi connectivity index (χ3v) is 4.07. The number of halogens is 1. The molecule has 24 heavy (non-hydrogen) atoms. The van der Waals surface area contributed by atoms with Gasteiger partial charge in [0.1, 0.15) is 5.75 Å². The number of hydrazine groups is 1. The number of amides is 2.